The van der Waals surface area contributed by atoms with E-state index in [1.807, 2.05) is 20.8 Å². The van der Waals surface area contributed by atoms with Gasteiger partial charge in [-0.1, -0.05) is 31.0 Å². The number of urea groups is 1. The van der Waals surface area contributed by atoms with E-state index >= 15 is 0 Å². The zero-order valence-corrected chi connectivity index (χ0v) is 14.7. The summed E-state index contributed by atoms with van der Waals surface area (Å²) in [4.78, 5) is 23.3. The van der Waals surface area contributed by atoms with Gasteiger partial charge in [0.15, 0.2) is 0 Å². The van der Waals surface area contributed by atoms with Crippen LogP contribution in [0.25, 0.3) is 0 Å². The van der Waals surface area contributed by atoms with E-state index in [2.05, 4.69) is 20.8 Å². The molecule has 3 amide bonds. The van der Waals surface area contributed by atoms with Crippen LogP contribution >= 0.6 is 11.8 Å². The van der Waals surface area contributed by atoms with Crippen molar-refractivity contribution in [3.05, 3.63) is 5.89 Å². The van der Waals surface area contributed by atoms with Crippen LogP contribution in [0.3, 0.4) is 0 Å². The van der Waals surface area contributed by atoms with Gasteiger partial charge in [0.25, 0.3) is 5.22 Å². The third-order valence-electron chi connectivity index (χ3n) is 3.44. The highest BCUT2D eigenvalue weighted by atomic mass is 32.2. The van der Waals surface area contributed by atoms with Crippen molar-refractivity contribution in [2.75, 3.05) is 5.75 Å². The molecule has 0 atom stereocenters. The molecule has 2 rings (SSSR count). The molecule has 1 aromatic rings. The Morgan fingerprint density at radius 1 is 1.22 bits per heavy atom. The van der Waals surface area contributed by atoms with Gasteiger partial charge in [0, 0.05) is 11.5 Å². The number of amides is 3. The third kappa shape index (κ3) is 6.21. The predicted molar refractivity (Wildman–Crippen MR) is 87.3 cm³/mol. The number of thioether (sulfide) groups is 1. The van der Waals surface area contributed by atoms with Gasteiger partial charge >= 0.3 is 6.03 Å². The monoisotopic (exact) mass is 340 g/mol. The van der Waals surface area contributed by atoms with Crippen LogP contribution in [0.1, 0.15) is 64.7 Å². The molecule has 0 aromatic carbocycles. The largest absolute Gasteiger partial charge is 0.416 e. The van der Waals surface area contributed by atoms with Crippen molar-refractivity contribution in [3.8, 4) is 0 Å². The second-order valence-corrected chi connectivity index (χ2v) is 7.71. The molecule has 7 nitrogen and oxygen atoms in total. The molecule has 1 aromatic heterocycles. The fraction of sp³-hybridized carbons (Fsp3) is 0.733. The minimum atomic E-state index is -0.503. The summed E-state index contributed by atoms with van der Waals surface area (Å²) in [5, 5.41) is 13.4. The summed E-state index contributed by atoms with van der Waals surface area (Å²) in [5.41, 5.74) is -0.390. The van der Waals surface area contributed by atoms with Gasteiger partial charge in [-0.2, -0.15) is 0 Å². The van der Waals surface area contributed by atoms with Crippen molar-refractivity contribution >= 4 is 23.7 Å². The first-order valence-electron chi connectivity index (χ1n) is 7.92. The molecule has 1 heterocycles. The SMILES string of the molecule is CC(C)(C)NC(=O)NC(=O)CSc1nnc(C2CCCCC2)o1. The smallest absolute Gasteiger partial charge is 0.321 e. The first-order chi connectivity index (χ1) is 10.8. The van der Waals surface area contributed by atoms with E-state index in [1.165, 1.54) is 19.3 Å². The summed E-state index contributed by atoms with van der Waals surface area (Å²) in [6.45, 7) is 5.53. The summed E-state index contributed by atoms with van der Waals surface area (Å²) in [7, 11) is 0. The molecular weight excluding hydrogens is 316 g/mol. The first kappa shape index (κ1) is 17.8. The Labute approximate surface area is 140 Å². The number of hydrogen-bond acceptors (Lipinski definition) is 6. The molecule has 23 heavy (non-hydrogen) atoms. The minimum Gasteiger partial charge on any atom is -0.416 e. The van der Waals surface area contributed by atoms with Crippen LogP contribution in [0, 0.1) is 0 Å². The van der Waals surface area contributed by atoms with Gasteiger partial charge < -0.3 is 9.73 Å². The van der Waals surface area contributed by atoms with Crippen molar-refractivity contribution in [1.29, 1.82) is 0 Å². The second-order valence-electron chi connectivity index (χ2n) is 6.78. The maximum absolute atomic E-state index is 11.7. The fourth-order valence-corrected chi connectivity index (χ4v) is 3.02. The van der Waals surface area contributed by atoms with Gasteiger partial charge in [0.1, 0.15) is 0 Å². The molecule has 2 N–H and O–H groups in total. The first-order valence-corrected chi connectivity index (χ1v) is 8.90. The average Bonchev–Trinajstić information content (AvgIpc) is 2.93. The van der Waals surface area contributed by atoms with Crippen LogP contribution in [0.5, 0.6) is 0 Å². The summed E-state index contributed by atoms with van der Waals surface area (Å²) in [6, 6.07) is -0.503. The third-order valence-corrected chi connectivity index (χ3v) is 4.26. The molecule has 0 radical (unpaired) electrons. The normalized spacial score (nSPS) is 16.1. The molecule has 1 aliphatic carbocycles. The van der Waals surface area contributed by atoms with Crippen LogP contribution in [0.15, 0.2) is 9.64 Å². The van der Waals surface area contributed by atoms with E-state index in [9.17, 15) is 9.59 Å². The lowest BCUT2D eigenvalue weighted by Crippen LogP contribution is -2.48. The molecule has 0 spiro atoms. The standard InChI is InChI=1S/C15H24N4O3S/c1-15(2,3)17-13(21)16-11(20)9-23-14-19-18-12(22-14)10-7-5-4-6-8-10/h10H,4-9H2,1-3H3,(H2,16,17,20,21). The van der Waals surface area contributed by atoms with Gasteiger partial charge in [-0.15, -0.1) is 10.2 Å². The van der Waals surface area contributed by atoms with Crippen molar-refractivity contribution in [1.82, 2.24) is 20.8 Å². The Kier molecular flexibility index (Phi) is 6.04. The Bertz CT molecular complexity index is 547. The molecule has 128 valence electrons. The summed E-state index contributed by atoms with van der Waals surface area (Å²) >= 11 is 1.14. The lowest BCUT2D eigenvalue weighted by atomic mass is 9.89. The number of carbonyl (C=O) groups is 2. The lowest BCUT2D eigenvalue weighted by Gasteiger charge is -2.20. The number of carbonyl (C=O) groups excluding carboxylic acids is 2. The highest BCUT2D eigenvalue weighted by molar-refractivity contribution is 7.99. The van der Waals surface area contributed by atoms with Gasteiger partial charge in [0.05, 0.1) is 5.75 Å². The maximum Gasteiger partial charge on any atom is 0.321 e. The topological polar surface area (TPSA) is 97.1 Å². The number of rotatable bonds is 4. The quantitative estimate of drug-likeness (QED) is 0.818. The molecule has 0 unspecified atom stereocenters. The molecule has 8 heteroatoms. The van der Waals surface area contributed by atoms with Crippen LogP contribution in [-0.4, -0.2) is 33.4 Å². The van der Waals surface area contributed by atoms with E-state index in [1.54, 1.807) is 0 Å². The van der Waals surface area contributed by atoms with Gasteiger partial charge in [0.2, 0.25) is 11.8 Å². The van der Waals surface area contributed by atoms with Crippen molar-refractivity contribution in [3.63, 3.8) is 0 Å². The highest BCUT2D eigenvalue weighted by Gasteiger charge is 2.22. The van der Waals surface area contributed by atoms with E-state index in [0.29, 0.717) is 17.0 Å². The Balaban J connectivity index is 1.76. The van der Waals surface area contributed by atoms with Crippen LogP contribution in [0.2, 0.25) is 0 Å². The van der Waals surface area contributed by atoms with E-state index in [-0.39, 0.29) is 11.3 Å². The molecule has 0 saturated heterocycles. The van der Waals surface area contributed by atoms with E-state index in [4.69, 9.17) is 4.42 Å². The van der Waals surface area contributed by atoms with Crippen molar-refractivity contribution < 1.29 is 14.0 Å². The number of hydrogen-bond donors (Lipinski definition) is 2. The Morgan fingerprint density at radius 3 is 2.57 bits per heavy atom. The number of imide groups is 1. The Hall–Kier alpha value is -1.57. The lowest BCUT2D eigenvalue weighted by molar-refractivity contribution is -0.117. The number of nitrogens with one attached hydrogen (secondary N) is 2. The zero-order valence-electron chi connectivity index (χ0n) is 13.8. The second kappa shape index (κ2) is 7.81. The van der Waals surface area contributed by atoms with E-state index < -0.39 is 11.9 Å². The van der Waals surface area contributed by atoms with Gasteiger partial charge in [-0.3, -0.25) is 10.1 Å². The maximum atomic E-state index is 11.7. The molecule has 1 saturated carbocycles. The number of aromatic nitrogens is 2. The van der Waals surface area contributed by atoms with Crippen molar-refractivity contribution in [2.45, 2.75) is 69.6 Å². The zero-order chi connectivity index (χ0) is 16.9. The molecule has 1 fully saturated rings. The summed E-state index contributed by atoms with van der Waals surface area (Å²) in [6.07, 6.45) is 5.82. The van der Waals surface area contributed by atoms with E-state index in [0.717, 1.165) is 24.6 Å². The van der Waals surface area contributed by atoms with Gasteiger partial charge in [-0.05, 0) is 33.6 Å². The minimum absolute atomic E-state index is 0.0594. The van der Waals surface area contributed by atoms with Crippen LogP contribution < -0.4 is 10.6 Å². The Morgan fingerprint density at radius 2 is 1.91 bits per heavy atom. The number of nitrogens with zero attached hydrogens (tertiary/aromatic N) is 2. The molecule has 0 bridgehead atoms. The predicted octanol–water partition coefficient (Wildman–Crippen LogP) is 2.83. The van der Waals surface area contributed by atoms with Gasteiger partial charge in [-0.25, -0.2) is 4.79 Å². The van der Waals surface area contributed by atoms with Crippen LogP contribution in [-0.2, 0) is 4.79 Å². The fourth-order valence-electron chi connectivity index (χ4n) is 2.46. The summed E-state index contributed by atoms with van der Waals surface area (Å²) in [5.74, 6) is 0.674. The van der Waals surface area contributed by atoms with Crippen LogP contribution in [0.4, 0.5) is 4.79 Å². The molecule has 1 aliphatic rings. The highest BCUT2D eigenvalue weighted by Crippen LogP contribution is 2.32. The summed E-state index contributed by atoms with van der Waals surface area (Å²) < 4.78 is 5.62. The average molecular weight is 340 g/mol. The van der Waals surface area contributed by atoms with Crippen molar-refractivity contribution in [2.24, 2.45) is 0 Å². The molecule has 0 aliphatic heterocycles. The molecular formula is C15H24N4O3S.